The molecule has 2 rings (SSSR count). The summed E-state index contributed by atoms with van der Waals surface area (Å²) in [5, 5.41) is 3.37. The van der Waals surface area contributed by atoms with Crippen molar-refractivity contribution >= 4 is 17.4 Å². The van der Waals surface area contributed by atoms with Crippen molar-refractivity contribution < 1.29 is 31.1 Å². The molecule has 1 amide bonds. The number of amides is 1. The lowest BCUT2D eigenvalue weighted by Crippen LogP contribution is -2.22. The topological polar surface area (TPSA) is 45.6 Å². The Kier molecular flexibility index (Phi) is 3.18. The van der Waals surface area contributed by atoms with E-state index in [0.717, 1.165) is 6.07 Å². The molecule has 0 radical (unpaired) electrons. The number of carbonyl (C=O) groups is 1. The molecule has 0 spiro atoms. The molecule has 0 bridgehead atoms. The van der Waals surface area contributed by atoms with Gasteiger partial charge in [-0.25, -0.2) is 4.98 Å². The van der Waals surface area contributed by atoms with Gasteiger partial charge in [-0.05, 0) is 12.1 Å². The van der Waals surface area contributed by atoms with Crippen LogP contribution in [0.3, 0.4) is 0 Å². The largest absolute Gasteiger partial charge is 0.431 e. The maximum Gasteiger partial charge on any atom is 0.431 e. The van der Waals surface area contributed by atoms with Crippen molar-refractivity contribution in [3.63, 3.8) is 0 Å². The van der Waals surface area contributed by atoms with Gasteiger partial charge in [0.15, 0.2) is 11.5 Å². The molecule has 10 heteroatoms. The van der Waals surface area contributed by atoms with Crippen LogP contribution >= 0.6 is 0 Å². The first-order valence-corrected chi connectivity index (χ1v) is 5.10. The molecule has 0 aliphatic carbocycles. The highest BCUT2D eigenvalue weighted by atomic mass is 19.4. The van der Waals surface area contributed by atoms with Crippen LogP contribution in [0.5, 0.6) is 0 Å². The fraction of sp³-hybridized carbons (Fsp3) is 0.300. The normalized spacial score (nSPS) is 16.6. The molecule has 0 saturated heterocycles. The molecule has 0 unspecified atom stereocenters. The van der Waals surface area contributed by atoms with Crippen LogP contribution < -0.4 is 5.01 Å². The Morgan fingerprint density at radius 2 is 1.70 bits per heavy atom. The summed E-state index contributed by atoms with van der Waals surface area (Å²) >= 11 is 0. The predicted molar refractivity (Wildman–Crippen MR) is 54.8 cm³/mol. The van der Waals surface area contributed by atoms with Crippen LogP contribution in [-0.2, 0) is 11.0 Å². The summed E-state index contributed by atoms with van der Waals surface area (Å²) < 4.78 is 74.0. The summed E-state index contributed by atoms with van der Waals surface area (Å²) in [6.45, 7) is 0. The summed E-state index contributed by atoms with van der Waals surface area (Å²) in [6, 6.07) is 1.39. The first-order chi connectivity index (χ1) is 9.09. The number of anilines is 1. The molecular formula is C10H5F6N3O. The second kappa shape index (κ2) is 4.46. The Labute approximate surface area is 107 Å². The zero-order chi connectivity index (χ0) is 15.1. The fourth-order valence-corrected chi connectivity index (χ4v) is 1.44. The monoisotopic (exact) mass is 297 g/mol. The molecule has 1 aromatic heterocycles. The second-order valence-electron chi connectivity index (χ2n) is 3.83. The Hall–Kier alpha value is -2.13. The number of halogens is 6. The van der Waals surface area contributed by atoms with Crippen LogP contribution in [0.1, 0.15) is 12.0 Å². The molecule has 0 saturated carbocycles. The number of carbonyl (C=O) groups excluding carboxylic acids is 1. The van der Waals surface area contributed by atoms with Crippen molar-refractivity contribution in [2.75, 3.05) is 5.01 Å². The lowest BCUT2D eigenvalue weighted by atomic mass is 10.2. The summed E-state index contributed by atoms with van der Waals surface area (Å²) in [4.78, 5) is 14.7. The first-order valence-electron chi connectivity index (χ1n) is 5.10. The van der Waals surface area contributed by atoms with Crippen LogP contribution in [0.4, 0.5) is 32.2 Å². The Morgan fingerprint density at radius 3 is 2.10 bits per heavy atom. The maximum atomic E-state index is 12.4. The van der Waals surface area contributed by atoms with Gasteiger partial charge < -0.3 is 0 Å². The summed E-state index contributed by atoms with van der Waals surface area (Å²) in [5.74, 6) is -1.41. The number of hydrogen-bond donors (Lipinski definition) is 0. The van der Waals surface area contributed by atoms with E-state index in [1.54, 1.807) is 0 Å². The lowest BCUT2D eigenvalue weighted by Gasteiger charge is -2.11. The van der Waals surface area contributed by atoms with Crippen LogP contribution in [0, 0.1) is 0 Å². The molecule has 1 aromatic rings. The molecule has 108 valence electrons. The molecule has 2 heterocycles. The lowest BCUT2D eigenvalue weighted by molar-refractivity contribution is -0.137. The number of hydrazone groups is 1. The zero-order valence-electron chi connectivity index (χ0n) is 9.46. The second-order valence-corrected chi connectivity index (χ2v) is 3.83. The minimum atomic E-state index is -4.77. The average molecular weight is 297 g/mol. The van der Waals surface area contributed by atoms with Crippen molar-refractivity contribution in [3.8, 4) is 0 Å². The summed E-state index contributed by atoms with van der Waals surface area (Å²) in [7, 11) is 0. The average Bonchev–Trinajstić information content (AvgIpc) is 2.70. The van der Waals surface area contributed by atoms with Crippen molar-refractivity contribution in [1.29, 1.82) is 0 Å². The summed E-state index contributed by atoms with van der Waals surface area (Å²) in [5.41, 5.74) is -2.39. The molecule has 0 atom stereocenters. The van der Waals surface area contributed by atoms with Crippen LogP contribution in [-0.4, -0.2) is 22.8 Å². The van der Waals surface area contributed by atoms with E-state index in [0.29, 0.717) is 17.3 Å². The third-order valence-electron chi connectivity index (χ3n) is 2.40. The molecule has 1 aliphatic heterocycles. The molecule has 0 N–H and O–H groups in total. The number of hydrogen-bond acceptors (Lipinski definition) is 3. The van der Waals surface area contributed by atoms with Gasteiger partial charge in [-0.1, -0.05) is 0 Å². The standard InChI is InChI=1S/C10H5F6N3O/c11-9(12,13)5-1-2-7(17-4-5)19-8(20)3-6(18-19)10(14,15)16/h1-2,4H,3H2. The SMILES string of the molecule is O=C1CC(C(F)(F)F)=NN1c1ccc(C(F)(F)F)cn1. The van der Waals surface area contributed by atoms with Crippen molar-refractivity contribution in [2.24, 2.45) is 5.10 Å². The van der Waals surface area contributed by atoms with Crippen LogP contribution in [0.25, 0.3) is 0 Å². The smallest absolute Gasteiger partial charge is 0.272 e. The van der Waals surface area contributed by atoms with E-state index in [-0.39, 0.29) is 0 Å². The highest BCUT2D eigenvalue weighted by molar-refractivity contribution is 6.14. The highest BCUT2D eigenvalue weighted by Gasteiger charge is 2.43. The van der Waals surface area contributed by atoms with Crippen LogP contribution in [0.2, 0.25) is 0 Å². The third-order valence-corrected chi connectivity index (χ3v) is 2.40. The summed E-state index contributed by atoms with van der Waals surface area (Å²) in [6.07, 6.45) is -9.94. The highest BCUT2D eigenvalue weighted by Crippen LogP contribution is 2.31. The van der Waals surface area contributed by atoms with Gasteiger partial charge in [0.1, 0.15) is 0 Å². The third kappa shape index (κ3) is 2.73. The van der Waals surface area contributed by atoms with E-state index in [2.05, 4.69) is 10.1 Å². The molecular weight excluding hydrogens is 292 g/mol. The van der Waals surface area contributed by atoms with Gasteiger partial charge in [0.2, 0.25) is 0 Å². The van der Waals surface area contributed by atoms with E-state index < -0.39 is 41.8 Å². The molecule has 0 aromatic carbocycles. The van der Waals surface area contributed by atoms with Crippen molar-refractivity contribution in [1.82, 2.24) is 4.98 Å². The molecule has 0 fully saturated rings. The zero-order valence-corrected chi connectivity index (χ0v) is 9.46. The van der Waals surface area contributed by atoms with E-state index >= 15 is 0 Å². The number of aromatic nitrogens is 1. The van der Waals surface area contributed by atoms with Gasteiger partial charge in [0.05, 0.1) is 12.0 Å². The number of alkyl halides is 6. The predicted octanol–water partition coefficient (Wildman–Crippen LogP) is 2.76. The molecule has 4 nitrogen and oxygen atoms in total. The Balaban J connectivity index is 2.29. The number of rotatable bonds is 1. The Bertz CT molecular complexity index is 560. The minimum absolute atomic E-state index is 0.336. The van der Waals surface area contributed by atoms with Gasteiger partial charge in [0.25, 0.3) is 5.91 Å². The van der Waals surface area contributed by atoms with Gasteiger partial charge >= 0.3 is 12.4 Å². The van der Waals surface area contributed by atoms with Crippen molar-refractivity contribution in [3.05, 3.63) is 23.9 Å². The molecule has 20 heavy (non-hydrogen) atoms. The first kappa shape index (κ1) is 14.3. The van der Waals surface area contributed by atoms with Crippen molar-refractivity contribution in [2.45, 2.75) is 18.8 Å². The Morgan fingerprint density at radius 1 is 1.05 bits per heavy atom. The molecule has 1 aliphatic rings. The van der Waals surface area contributed by atoms with Gasteiger partial charge in [0, 0.05) is 6.20 Å². The quantitative estimate of drug-likeness (QED) is 0.748. The van der Waals surface area contributed by atoms with Crippen LogP contribution in [0.15, 0.2) is 23.4 Å². The number of nitrogens with zero attached hydrogens (tertiary/aromatic N) is 3. The van der Waals surface area contributed by atoms with Gasteiger partial charge in [-0.2, -0.15) is 36.5 Å². The minimum Gasteiger partial charge on any atom is -0.272 e. The maximum absolute atomic E-state index is 12.4. The van der Waals surface area contributed by atoms with Gasteiger partial charge in [-0.15, -0.1) is 0 Å². The number of pyridine rings is 1. The van der Waals surface area contributed by atoms with Gasteiger partial charge in [-0.3, -0.25) is 4.79 Å². The van der Waals surface area contributed by atoms with E-state index in [1.165, 1.54) is 0 Å². The van der Waals surface area contributed by atoms with E-state index in [1.807, 2.05) is 0 Å². The van der Waals surface area contributed by atoms with E-state index in [4.69, 9.17) is 0 Å². The fourth-order valence-electron chi connectivity index (χ4n) is 1.44. The van der Waals surface area contributed by atoms with E-state index in [9.17, 15) is 31.1 Å².